The molecule has 0 unspecified atom stereocenters. The van der Waals surface area contributed by atoms with Crippen molar-refractivity contribution in [3.63, 3.8) is 0 Å². The van der Waals surface area contributed by atoms with Crippen LogP contribution in [-0.2, 0) is 19.1 Å². The number of likely N-dealkylation sites (N-methyl/N-ethyl adjacent to an activating group) is 1. The fraction of sp³-hybridized carbons (Fsp3) is 0.333. The normalized spacial score (nSPS) is 16.2. The molecule has 0 spiro atoms. The van der Waals surface area contributed by atoms with Gasteiger partial charge in [0.15, 0.2) is 0 Å². The second-order valence-corrected chi connectivity index (χ2v) is 8.03. The minimum atomic E-state index is -0.381. The van der Waals surface area contributed by atoms with Gasteiger partial charge >= 0.3 is 0 Å². The highest BCUT2D eigenvalue weighted by atomic mass is 16.5. The van der Waals surface area contributed by atoms with E-state index >= 15 is 0 Å². The van der Waals surface area contributed by atoms with E-state index in [1.165, 1.54) is 18.0 Å². The Morgan fingerprint density at radius 1 is 0.970 bits per heavy atom. The first kappa shape index (κ1) is 22.5. The smallest absolute Gasteiger partial charge is 0.254 e. The van der Waals surface area contributed by atoms with Gasteiger partial charge in [-0.15, -0.1) is 0 Å². The van der Waals surface area contributed by atoms with Crippen molar-refractivity contribution in [1.29, 1.82) is 0 Å². The van der Waals surface area contributed by atoms with Crippen LogP contribution in [0.4, 0.5) is 17.1 Å². The first-order valence-corrected chi connectivity index (χ1v) is 10.9. The van der Waals surface area contributed by atoms with Crippen molar-refractivity contribution in [2.75, 3.05) is 55.0 Å². The number of carbonyl (C=O) groups excluding carboxylic acids is 4. The SMILES string of the molecule is CN(CC(=O)Nc1ccc(N2CCOCC2)cc1)C(=O)c1cccc(N2C(=O)CCC2=O)c1. The van der Waals surface area contributed by atoms with Gasteiger partial charge in [-0.25, -0.2) is 0 Å². The molecule has 9 nitrogen and oxygen atoms in total. The molecular weight excluding hydrogens is 424 g/mol. The van der Waals surface area contributed by atoms with Crippen molar-refractivity contribution in [2.45, 2.75) is 12.8 Å². The van der Waals surface area contributed by atoms with E-state index in [1.54, 1.807) is 18.2 Å². The molecule has 2 aromatic carbocycles. The number of anilines is 3. The quantitative estimate of drug-likeness (QED) is 0.675. The number of amides is 4. The number of nitrogens with zero attached hydrogens (tertiary/aromatic N) is 3. The average molecular weight is 450 g/mol. The Morgan fingerprint density at radius 3 is 2.30 bits per heavy atom. The van der Waals surface area contributed by atoms with Crippen LogP contribution in [-0.4, -0.2) is 68.4 Å². The highest BCUT2D eigenvalue weighted by Gasteiger charge is 2.30. The Bertz CT molecular complexity index is 1050. The van der Waals surface area contributed by atoms with E-state index in [4.69, 9.17) is 4.74 Å². The zero-order valence-corrected chi connectivity index (χ0v) is 18.5. The van der Waals surface area contributed by atoms with Gasteiger partial charge in [-0.3, -0.25) is 24.1 Å². The van der Waals surface area contributed by atoms with E-state index < -0.39 is 0 Å². The summed E-state index contributed by atoms with van der Waals surface area (Å²) in [5.74, 6) is -1.27. The molecule has 2 aliphatic heterocycles. The first-order chi connectivity index (χ1) is 15.9. The van der Waals surface area contributed by atoms with Gasteiger partial charge in [0.05, 0.1) is 25.4 Å². The van der Waals surface area contributed by atoms with Gasteiger partial charge in [0.25, 0.3) is 5.91 Å². The maximum Gasteiger partial charge on any atom is 0.254 e. The van der Waals surface area contributed by atoms with Crippen molar-refractivity contribution in [2.24, 2.45) is 0 Å². The van der Waals surface area contributed by atoms with Crippen LogP contribution in [0, 0.1) is 0 Å². The highest BCUT2D eigenvalue weighted by Crippen LogP contribution is 2.24. The molecule has 33 heavy (non-hydrogen) atoms. The third kappa shape index (κ3) is 5.20. The maximum atomic E-state index is 12.8. The topological polar surface area (TPSA) is 99.3 Å². The summed E-state index contributed by atoms with van der Waals surface area (Å²) in [5, 5.41) is 2.80. The number of carbonyl (C=O) groups is 4. The van der Waals surface area contributed by atoms with Gasteiger partial charge in [-0.2, -0.15) is 0 Å². The van der Waals surface area contributed by atoms with Crippen LogP contribution in [0.3, 0.4) is 0 Å². The predicted molar refractivity (Wildman–Crippen MR) is 123 cm³/mol. The van der Waals surface area contributed by atoms with Crippen molar-refractivity contribution in [3.05, 3.63) is 54.1 Å². The summed E-state index contributed by atoms with van der Waals surface area (Å²) in [6.07, 6.45) is 0.342. The molecule has 2 saturated heterocycles. The first-order valence-electron chi connectivity index (χ1n) is 10.9. The molecule has 0 bridgehead atoms. The predicted octanol–water partition coefficient (Wildman–Crippen LogP) is 1.89. The zero-order chi connectivity index (χ0) is 23.4. The molecule has 4 amide bonds. The average Bonchev–Trinajstić information content (AvgIpc) is 3.17. The second-order valence-electron chi connectivity index (χ2n) is 8.03. The number of nitrogens with one attached hydrogen (secondary N) is 1. The van der Waals surface area contributed by atoms with Crippen LogP contribution < -0.4 is 15.1 Å². The van der Waals surface area contributed by atoms with Gasteiger partial charge < -0.3 is 19.9 Å². The van der Waals surface area contributed by atoms with Crippen LogP contribution in [0.15, 0.2) is 48.5 Å². The molecule has 0 saturated carbocycles. The number of rotatable bonds is 6. The summed E-state index contributed by atoms with van der Waals surface area (Å²) >= 11 is 0. The molecule has 2 fully saturated rings. The van der Waals surface area contributed by atoms with Crippen molar-refractivity contribution < 1.29 is 23.9 Å². The lowest BCUT2D eigenvalue weighted by atomic mass is 10.1. The van der Waals surface area contributed by atoms with Gasteiger partial charge in [0.2, 0.25) is 17.7 Å². The Morgan fingerprint density at radius 2 is 1.64 bits per heavy atom. The van der Waals surface area contributed by atoms with Gasteiger partial charge in [0, 0.05) is 49.9 Å². The molecular formula is C24H26N4O5. The molecule has 0 atom stereocenters. The maximum absolute atomic E-state index is 12.8. The van der Waals surface area contributed by atoms with E-state index in [-0.39, 0.29) is 43.0 Å². The van der Waals surface area contributed by atoms with Crippen LogP contribution in [0.2, 0.25) is 0 Å². The van der Waals surface area contributed by atoms with E-state index in [1.807, 2.05) is 24.3 Å². The van der Waals surface area contributed by atoms with Gasteiger partial charge in [-0.1, -0.05) is 6.07 Å². The number of benzene rings is 2. The van der Waals surface area contributed by atoms with Crippen LogP contribution in [0.25, 0.3) is 0 Å². The van der Waals surface area contributed by atoms with Gasteiger partial charge in [0.1, 0.15) is 0 Å². The lowest BCUT2D eigenvalue weighted by Gasteiger charge is -2.28. The molecule has 2 aromatic rings. The van der Waals surface area contributed by atoms with Gasteiger partial charge in [-0.05, 0) is 42.5 Å². The van der Waals surface area contributed by atoms with Crippen molar-refractivity contribution in [1.82, 2.24) is 4.90 Å². The molecule has 2 heterocycles. The molecule has 0 aliphatic carbocycles. The van der Waals surface area contributed by atoms with E-state index in [2.05, 4.69) is 10.2 Å². The summed E-state index contributed by atoms with van der Waals surface area (Å²) < 4.78 is 5.36. The minimum absolute atomic E-state index is 0.143. The summed E-state index contributed by atoms with van der Waals surface area (Å²) in [7, 11) is 1.53. The largest absolute Gasteiger partial charge is 0.378 e. The highest BCUT2D eigenvalue weighted by molar-refractivity contribution is 6.20. The molecule has 0 aromatic heterocycles. The Labute approximate surface area is 191 Å². The molecule has 172 valence electrons. The lowest BCUT2D eigenvalue weighted by molar-refractivity contribution is -0.121. The van der Waals surface area contributed by atoms with Crippen LogP contribution >= 0.6 is 0 Å². The Kier molecular flexibility index (Phi) is 6.69. The molecule has 9 heteroatoms. The Balaban J connectivity index is 1.35. The van der Waals surface area contributed by atoms with E-state index in [0.29, 0.717) is 30.2 Å². The fourth-order valence-electron chi connectivity index (χ4n) is 3.93. The van der Waals surface area contributed by atoms with E-state index in [9.17, 15) is 19.2 Å². The molecule has 4 rings (SSSR count). The number of ether oxygens (including phenoxy) is 1. The standard InChI is InChI=1S/C24H26N4O5/c1-26(24(32)17-3-2-4-20(15-17)28-22(30)9-10-23(28)31)16-21(29)25-18-5-7-19(8-6-18)27-11-13-33-14-12-27/h2-8,15H,9-14,16H2,1H3,(H,25,29). The summed E-state index contributed by atoms with van der Waals surface area (Å²) in [6, 6.07) is 13.9. The van der Waals surface area contributed by atoms with E-state index in [0.717, 1.165) is 23.7 Å². The second kappa shape index (κ2) is 9.83. The number of hydrogen-bond donors (Lipinski definition) is 1. The van der Waals surface area contributed by atoms with Crippen molar-refractivity contribution >= 4 is 40.7 Å². The third-order valence-corrected chi connectivity index (χ3v) is 5.66. The minimum Gasteiger partial charge on any atom is -0.378 e. The molecule has 2 aliphatic rings. The fourth-order valence-corrected chi connectivity index (χ4v) is 3.93. The molecule has 0 radical (unpaired) electrons. The zero-order valence-electron chi connectivity index (χ0n) is 18.5. The van der Waals surface area contributed by atoms with Crippen LogP contribution in [0.1, 0.15) is 23.2 Å². The summed E-state index contributed by atoms with van der Waals surface area (Å²) in [6.45, 7) is 2.93. The number of morpholine rings is 1. The summed E-state index contributed by atoms with van der Waals surface area (Å²) in [4.78, 5) is 53.9. The number of imide groups is 1. The third-order valence-electron chi connectivity index (χ3n) is 5.66. The van der Waals surface area contributed by atoms with Crippen molar-refractivity contribution in [3.8, 4) is 0 Å². The lowest BCUT2D eigenvalue weighted by Crippen LogP contribution is -2.36. The van der Waals surface area contributed by atoms with Crippen LogP contribution in [0.5, 0.6) is 0 Å². The monoisotopic (exact) mass is 450 g/mol. The summed E-state index contributed by atoms with van der Waals surface area (Å²) in [5.41, 5.74) is 2.38. The Hall–Kier alpha value is -3.72. The molecule has 1 N–H and O–H groups in total. The number of hydrogen-bond acceptors (Lipinski definition) is 6.